The van der Waals surface area contributed by atoms with Crippen LogP contribution in [-0.2, 0) is 4.79 Å². The average molecular weight is 180 g/mol. The van der Waals surface area contributed by atoms with Crippen molar-refractivity contribution in [1.82, 2.24) is 0 Å². The monoisotopic (exact) mass is 180 g/mol. The van der Waals surface area contributed by atoms with Crippen molar-refractivity contribution >= 4 is 5.78 Å². The first kappa shape index (κ1) is 10.5. The van der Waals surface area contributed by atoms with Gasteiger partial charge < -0.3 is 4.79 Å². The van der Waals surface area contributed by atoms with Gasteiger partial charge in [0.05, 0.1) is 0 Å². The SMILES string of the molecule is CC(=O)CC1C=C(C)CC(C)(C)C1. The number of ketones is 1. The van der Waals surface area contributed by atoms with Crippen LogP contribution >= 0.6 is 0 Å². The summed E-state index contributed by atoms with van der Waals surface area (Å²) in [5.74, 6) is 0.799. The summed E-state index contributed by atoms with van der Waals surface area (Å²) < 4.78 is 0. The van der Waals surface area contributed by atoms with Gasteiger partial charge >= 0.3 is 0 Å². The maximum Gasteiger partial charge on any atom is 0.130 e. The second kappa shape index (κ2) is 3.65. The third kappa shape index (κ3) is 3.33. The molecule has 0 bridgehead atoms. The van der Waals surface area contributed by atoms with E-state index in [0.717, 1.165) is 12.8 Å². The lowest BCUT2D eigenvalue weighted by molar-refractivity contribution is -0.117. The Bertz CT molecular complexity index is 236. The number of hydrogen-bond donors (Lipinski definition) is 0. The van der Waals surface area contributed by atoms with Crippen molar-refractivity contribution in [2.75, 3.05) is 0 Å². The van der Waals surface area contributed by atoms with E-state index in [1.54, 1.807) is 6.92 Å². The lowest BCUT2D eigenvalue weighted by Gasteiger charge is -2.33. The standard InChI is InChI=1S/C12H20O/c1-9-5-11(6-10(2)13)8-12(3,4)7-9/h5,11H,6-8H2,1-4H3. The van der Waals surface area contributed by atoms with E-state index in [0.29, 0.717) is 17.1 Å². The fourth-order valence-corrected chi connectivity index (χ4v) is 2.56. The van der Waals surface area contributed by atoms with Gasteiger partial charge in [-0.05, 0) is 38.0 Å². The Morgan fingerprint density at radius 1 is 1.62 bits per heavy atom. The van der Waals surface area contributed by atoms with E-state index in [1.807, 2.05) is 0 Å². The third-order valence-corrected chi connectivity index (χ3v) is 2.64. The first-order chi connectivity index (χ1) is 5.89. The van der Waals surface area contributed by atoms with Gasteiger partial charge in [-0.3, -0.25) is 0 Å². The molecule has 0 amide bonds. The normalized spacial score (nSPS) is 26.8. The van der Waals surface area contributed by atoms with Gasteiger partial charge in [-0.2, -0.15) is 0 Å². The number of carbonyl (C=O) groups excluding carboxylic acids is 1. The molecular weight excluding hydrogens is 160 g/mol. The minimum atomic E-state index is 0.312. The molecule has 1 rings (SSSR count). The van der Waals surface area contributed by atoms with E-state index in [9.17, 15) is 4.79 Å². The van der Waals surface area contributed by atoms with Gasteiger partial charge in [-0.25, -0.2) is 0 Å². The highest BCUT2D eigenvalue weighted by molar-refractivity contribution is 5.76. The first-order valence-corrected chi connectivity index (χ1v) is 5.06. The van der Waals surface area contributed by atoms with Crippen molar-refractivity contribution in [2.45, 2.75) is 47.0 Å². The summed E-state index contributed by atoms with van der Waals surface area (Å²) in [7, 11) is 0. The number of rotatable bonds is 2. The summed E-state index contributed by atoms with van der Waals surface area (Å²) in [6.07, 6.45) is 5.35. The van der Waals surface area contributed by atoms with Crippen LogP contribution in [-0.4, -0.2) is 5.78 Å². The zero-order valence-electron chi connectivity index (χ0n) is 9.18. The van der Waals surface area contributed by atoms with E-state index in [1.165, 1.54) is 12.0 Å². The zero-order chi connectivity index (χ0) is 10.1. The van der Waals surface area contributed by atoms with E-state index in [4.69, 9.17) is 0 Å². The molecule has 0 aliphatic heterocycles. The summed E-state index contributed by atoms with van der Waals surface area (Å²) >= 11 is 0. The van der Waals surface area contributed by atoms with E-state index in [-0.39, 0.29) is 0 Å². The van der Waals surface area contributed by atoms with E-state index >= 15 is 0 Å². The molecule has 0 radical (unpaired) electrons. The molecule has 0 N–H and O–H groups in total. The molecule has 0 heterocycles. The molecule has 74 valence electrons. The molecule has 0 aromatic carbocycles. The van der Waals surface area contributed by atoms with Gasteiger partial charge in [0.2, 0.25) is 0 Å². The van der Waals surface area contributed by atoms with Gasteiger partial charge in [0.1, 0.15) is 5.78 Å². The number of Topliss-reactive ketones (excluding diaryl/α,β-unsaturated/α-hetero) is 1. The maximum absolute atomic E-state index is 11.0. The van der Waals surface area contributed by atoms with Crippen LogP contribution in [0.25, 0.3) is 0 Å². The van der Waals surface area contributed by atoms with Gasteiger partial charge in [0, 0.05) is 6.42 Å². The predicted molar refractivity (Wildman–Crippen MR) is 55.6 cm³/mol. The highest BCUT2D eigenvalue weighted by Crippen LogP contribution is 2.39. The molecular formula is C12H20O. The summed E-state index contributed by atoms with van der Waals surface area (Å²) in [6.45, 7) is 8.44. The predicted octanol–water partition coefficient (Wildman–Crippen LogP) is 3.35. The Hall–Kier alpha value is -0.590. The first-order valence-electron chi connectivity index (χ1n) is 5.06. The van der Waals surface area contributed by atoms with Crippen molar-refractivity contribution in [3.8, 4) is 0 Å². The molecule has 1 nitrogen and oxygen atoms in total. The number of carbonyl (C=O) groups is 1. The summed E-state index contributed by atoms with van der Waals surface area (Å²) in [4.78, 5) is 11.0. The molecule has 0 saturated heterocycles. The van der Waals surface area contributed by atoms with Gasteiger partial charge in [0.15, 0.2) is 0 Å². The lowest BCUT2D eigenvalue weighted by atomic mass is 9.72. The fourth-order valence-electron chi connectivity index (χ4n) is 2.56. The fraction of sp³-hybridized carbons (Fsp3) is 0.750. The van der Waals surface area contributed by atoms with Crippen LogP contribution in [0.5, 0.6) is 0 Å². The second-order valence-electron chi connectivity index (χ2n) is 5.22. The van der Waals surface area contributed by atoms with Crippen LogP contribution < -0.4 is 0 Å². The van der Waals surface area contributed by atoms with Crippen LogP contribution in [0.1, 0.15) is 47.0 Å². The Balaban J connectivity index is 2.67. The van der Waals surface area contributed by atoms with Crippen molar-refractivity contribution in [3.05, 3.63) is 11.6 Å². The van der Waals surface area contributed by atoms with Crippen molar-refractivity contribution < 1.29 is 4.79 Å². The Kier molecular flexibility index (Phi) is 2.94. The molecule has 1 aliphatic carbocycles. The third-order valence-electron chi connectivity index (χ3n) is 2.64. The molecule has 0 spiro atoms. The Morgan fingerprint density at radius 2 is 2.23 bits per heavy atom. The molecule has 1 aliphatic rings. The quantitative estimate of drug-likeness (QED) is 0.596. The van der Waals surface area contributed by atoms with Crippen LogP contribution in [0.15, 0.2) is 11.6 Å². The summed E-state index contributed by atoms with van der Waals surface area (Å²) in [5.41, 5.74) is 1.83. The van der Waals surface area contributed by atoms with E-state index < -0.39 is 0 Å². The molecule has 13 heavy (non-hydrogen) atoms. The number of allylic oxidation sites excluding steroid dienone is 2. The van der Waals surface area contributed by atoms with Crippen LogP contribution in [0, 0.1) is 11.3 Å². The Morgan fingerprint density at radius 3 is 2.69 bits per heavy atom. The van der Waals surface area contributed by atoms with Gasteiger partial charge in [0.25, 0.3) is 0 Å². The van der Waals surface area contributed by atoms with Crippen molar-refractivity contribution in [2.24, 2.45) is 11.3 Å². The summed E-state index contributed by atoms with van der Waals surface area (Å²) in [6, 6.07) is 0. The molecule has 1 heteroatoms. The smallest absolute Gasteiger partial charge is 0.130 e. The molecule has 1 unspecified atom stereocenters. The lowest BCUT2D eigenvalue weighted by Crippen LogP contribution is -2.22. The zero-order valence-corrected chi connectivity index (χ0v) is 9.18. The summed E-state index contributed by atoms with van der Waals surface area (Å²) in [5, 5.41) is 0. The molecule has 1 atom stereocenters. The molecule has 0 aromatic heterocycles. The van der Waals surface area contributed by atoms with Crippen LogP contribution in [0.4, 0.5) is 0 Å². The number of hydrogen-bond acceptors (Lipinski definition) is 1. The maximum atomic E-state index is 11.0. The largest absolute Gasteiger partial charge is 0.300 e. The minimum absolute atomic E-state index is 0.312. The highest BCUT2D eigenvalue weighted by atomic mass is 16.1. The van der Waals surface area contributed by atoms with Crippen LogP contribution in [0.3, 0.4) is 0 Å². The van der Waals surface area contributed by atoms with Gasteiger partial charge in [-0.1, -0.05) is 25.5 Å². The van der Waals surface area contributed by atoms with Crippen molar-refractivity contribution in [1.29, 1.82) is 0 Å². The highest BCUT2D eigenvalue weighted by Gasteiger charge is 2.27. The second-order valence-corrected chi connectivity index (χ2v) is 5.22. The van der Waals surface area contributed by atoms with Crippen LogP contribution in [0.2, 0.25) is 0 Å². The van der Waals surface area contributed by atoms with Gasteiger partial charge in [-0.15, -0.1) is 0 Å². The minimum Gasteiger partial charge on any atom is -0.300 e. The topological polar surface area (TPSA) is 17.1 Å². The Labute approximate surface area is 81.2 Å². The molecule has 0 fully saturated rings. The molecule has 0 aromatic rings. The van der Waals surface area contributed by atoms with E-state index in [2.05, 4.69) is 26.8 Å². The average Bonchev–Trinajstić information content (AvgIpc) is 1.78. The molecule has 0 saturated carbocycles. The van der Waals surface area contributed by atoms with Crippen molar-refractivity contribution in [3.63, 3.8) is 0 Å².